The van der Waals surface area contributed by atoms with Crippen molar-refractivity contribution in [1.29, 1.82) is 0 Å². The first-order valence-corrected chi connectivity index (χ1v) is 5.47. The number of hydrogen-bond acceptors (Lipinski definition) is 2. The van der Waals surface area contributed by atoms with Gasteiger partial charge in [0, 0.05) is 25.9 Å². The monoisotopic (exact) mass is 215 g/mol. The Hall–Kier alpha value is -1.06. The van der Waals surface area contributed by atoms with Crippen molar-refractivity contribution in [2.75, 3.05) is 13.1 Å². The van der Waals surface area contributed by atoms with Crippen molar-refractivity contribution in [1.82, 2.24) is 4.90 Å². The molecule has 0 aliphatic rings. The Labute approximate surface area is 91.3 Å². The second-order valence-electron chi connectivity index (χ2n) is 4.07. The number of aliphatic carboxylic acids is 1. The van der Waals surface area contributed by atoms with Crippen LogP contribution < -0.4 is 0 Å². The van der Waals surface area contributed by atoms with E-state index in [1.165, 1.54) is 0 Å². The van der Waals surface area contributed by atoms with Gasteiger partial charge in [-0.25, -0.2) is 0 Å². The third kappa shape index (κ3) is 6.94. The molecule has 0 unspecified atom stereocenters. The molecule has 0 fully saturated rings. The number of nitrogens with zero attached hydrogens (tertiary/aromatic N) is 1. The van der Waals surface area contributed by atoms with Gasteiger partial charge in [0.25, 0.3) is 0 Å². The van der Waals surface area contributed by atoms with Crippen LogP contribution in [0.2, 0.25) is 0 Å². The minimum absolute atomic E-state index is 0.0625. The Balaban J connectivity index is 3.88. The average molecular weight is 215 g/mol. The molecule has 4 heteroatoms. The first-order chi connectivity index (χ1) is 6.97. The van der Waals surface area contributed by atoms with E-state index < -0.39 is 5.97 Å². The fourth-order valence-corrected chi connectivity index (χ4v) is 1.40. The quantitative estimate of drug-likeness (QED) is 0.703. The molecule has 0 aromatic rings. The van der Waals surface area contributed by atoms with Gasteiger partial charge < -0.3 is 10.0 Å². The molecule has 15 heavy (non-hydrogen) atoms. The minimum Gasteiger partial charge on any atom is -0.481 e. The highest BCUT2D eigenvalue weighted by atomic mass is 16.4. The van der Waals surface area contributed by atoms with Gasteiger partial charge in [0.15, 0.2) is 0 Å². The molecule has 0 radical (unpaired) electrons. The highest BCUT2D eigenvalue weighted by molar-refractivity contribution is 5.76. The number of amides is 1. The van der Waals surface area contributed by atoms with Crippen LogP contribution in [0.5, 0.6) is 0 Å². The molecule has 0 aliphatic carbocycles. The van der Waals surface area contributed by atoms with E-state index in [9.17, 15) is 9.59 Å². The molecule has 0 bridgehead atoms. The second-order valence-corrected chi connectivity index (χ2v) is 4.07. The highest BCUT2D eigenvalue weighted by Gasteiger charge is 2.12. The molecule has 0 aliphatic heterocycles. The van der Waals surface area contributed by atoms with Gasteiger partial charge in [-0.1, -0.05) is 13.8 Å². The zero-order valence-corrected chi connectivity index (χ0v) is 9.82. The van der Waals surface area contributed by atoms with Crippen LogP contribution in [0.25, 0.3) is 0 Å². The topological polar surface area (TPSA) is 57.6 Å². The Bertz CT molecular complexity index is 214. The maximum absolute atomic E-state index is 11.6. The van der Waals surface area contributed by atoms with E-state index in [4.69, 9.17) is 5.11 Å². The van der Waals surface area contributed by atoms with Crippen LogP contribution in [-0.2, 0) is 9.59 Å². The number of rotatable bonds is 7. The van der Waals surface area contributed by atoms with Crippen LogP contribution in [0.1, 0.15) is 40.0 Å². The second kappa shape index (κ2) is 7.26. The van der Waals surface area contributed by atoms with Crippen molar-refractivity contribution < 1.29 is 14.7 Å². The summed E-state index contributed by atoms with van der Waals surface area (Å²) in [5.41, 5.74) is 0. The Morgan fingerprint density at radius 3 is 2.27 bits per heavy atom. The number of carbonyl (C=O) groups excluding carboxylic acids is 1. The molecule has 1 N–H and O–H groups in total. The van der Waals surface area contributed by atoms with Gasteiger partial charge in [-0.3, -0.25) is 9.59 Å². The van der Waals surface area contributed by atoms with Gasteiger partial charge in [0.2, 0.25) is 5.91 Å². The molecular weight excluding hydrogens is 194 g/mol. The fraction of sp³-hybridized carbons (Fsp3) is 0.818. The number of carbonyl (C=O) groups is 2. The Morgan fingerprint density at radius 1 is 1.27 bits per heavy atom. The summed E-state index contributed by atoms with van der Waals surface area (Å²) in [6.45, 7) is 7.52. The summed E-state index contributed by atoms with van der Waals surface area (Å²) in [5, 5.41) is 8.44. The fourth-order valence-electron chi connectivity index (χ4n) is 1.40. The molecular formula is C11H21NO3. The van der Waals surface area contributed by atoms with Crippen molar-refractivity contribution in [3.05, 3.63) is 0 Å². The molecule has 0 saturated heterocycles. The summed E-state index contributed by atoms with van der Waals surface area (Å²) in [6.07, 6.45) is 0.848. The van der Waals surface area contributed by atoms with Crippen molar-refractivity contribution in [2.45, 2.75) is 40.0 Å². The van der Waals surface area contributed by atoms with Crippen LogP contribution in [0.15, 0.2) is 0 Å². The van der Waals surface area contributed by atoms with Crippen molar-refractivity contribution in [3.8, 4) is 0 Å². The zero-order valence-electron chi connectivity index (χ0n) is 9.82. The molecule has 0 aromatic heterocycles. The standard InChI is InChI=1S/C11H21NO3/c1-4-12(8-9(2)3)10(13)6-5-7-11(14)15/h9H,4-8H2,1-3H3,(H,14,15). The lowest BCUT2D eigenvalue weighted by Crippen LogP contribution is -2.33. The lowest BCUT2D eigenvalue weighted by Gasteiger charge is -2.22. The molecule has 0 atom stereocenters. The minimum atomic E-state index is -0.838. The summed E-state index contributed by atoms with van der Waals surface area (Å²) >= 11 is 0. The maximum atomic E-state index is 11.6. The van der Waals surface area contributed by atoms with E-state index >= 15 is 0 Å². The van der Waals surface area contributed by atoms with E-state index in [-0.39, 0.29) is 12.3 Å². The zero-order chi connectivity index (χ0) is 11.8. The van der Waals surface area contributed by atoms with Gasteiger partial charge in [-0.05, 0) is 19.3 Å². The highest BCUT2D eigenvalue weighted by Crippen LogP contribution is 2.04. The molecule has 0 heterocycles. The molecule has 1 amide bonds. The van der Waals surface area contributed by atoms with Crippen molar-refractivity contribution in [2.24, 2.45) is 5.92 Å². The van der Waals surface area contributed by atoms with Gasteiger partial charge in [0.05, 0.1) is 0 Å². The summed E-state index contributed by atoms with van der Waals surface area (Å²) in [5.74, 6) is -0.324. The first kappa shape index (κ1) is 13.9. The Morgan fingerprint density at radius 2 is 1.87 bits per heavy atom. The first-order valence-electron chi connectivity index (χ1n) is 5.47. The number of carboxylic acids is 1. The van der Waals surface area contributed by atoms with E-state index in [0.717, 1.165) is 6.54 Å². The van der Waals surface area contributed by atoms with Crippen LogP contribution in [0, 0.1) is 5.92 Å². The summed E-state index contributed by atoms with van der Waals surface area (Å²) in [4.78, 5) is 23.7. The SMILES string of the molecule is CCN(CC(C)C)C(=O)CCCC(=O)O. The molecule has 88 valence electrons. The van der Waals surface area contributed by atoms with Gasteiger partial charge >= 0.3 is 5.97 Å². The summed E-state index contributed by atoms with van der Waals surface area (Å²) in [6, 6.07) is 0. The predicted octanol–water partition coefficient (Wildman–Crippen LogP) is 1.75. The number of carboxylic acid groups (broad SMARTS) is 1. The molecule has 0 aromatic carbocycles. The largest absolute Gasteiger partial charge is 0.481 e. The van der Waals surface area contributed by atoms with E-state index in [1.54, 1.807) is 4.90 Å². The summed E-state index contributed by atoms with van der Waals surface area (Å²) in [7, 11) is 0. The molecule has 0 rings (SSSR count). The van der Waals surface area contributed by atoms with E-state index in [0.29, 0.717) is 25.3 Å². The van der Waals surface area contributed by atoms with Crippen molar-refractivity contribution >= 4 is 11.9 Å². The average Bonchev–Trinajstić information content (AvgIpc) is 2.13. The van der Waals surface area contributed by atoms with Crippen LogP contribution in [0.4, 0.5) is 0 Å². The van der Waals surface area contributed by atoms with Crippen LogP contribution in [-0.4, -0.2) is 35.0 Å². The maximum Gasteiger partial charge on any atom is 0.303 e. The third-order valence-corrected chi connectivity index (χ3v) is 2.10. The predicted molar refractivity (Wildman–Crippen MR) is 58.6 cm³/mol. The molecule has 0 saturated carbocycles. The lowest BCUT2D eigenvalue weighted by atomic mass is 10.1. The lowest BCUT2D eigenvalue weighted by molar-refractivity contribution is -0.137. The van der Waals surface area contributed by atoms with Crippen molar-refractivity contribution in [3.63, 3.8) is 0 Å². The molecule has 0 spiro atoms. The number of hydrogen-bond donors (Lipinski definition) is 1. The van der Waals surface area contributed by atoms with Gasteiger partial charge in [-0.2, -0.15) is 0 Å². The van der Waals surface area contributed by atoms with E-state index in [2.05, 4.69) is 13.8 Å². The van der Waals surface area contributed by atoms with Crippen LogP contribution >= 0.6 is 0 Å². The van der Waals surface area contributed by atoms with Crippen LogP contribution in [0.3, 0.4) is 0 Å². The van der Waals surface area contributed by atoms with Gasteiger partial charge in [-0.15, -0.1) is 0 Å². The van der Waals surface area contributed by atoms with E-state index in [1.807, 2.05) is 6.92 Å². The molecule has 4 nitrogen and oxygen atoms in total. The summed E-state index contributed by atoms with van der Waals surface area (Å²) < 4.78 is 0. The normalized spacial score (nSPS) is 10.4. The third-order valence-electron chi connectivity index (χ3n) is 2.10. The smallest absolute Gasteiger partial charge is 0.303 e. The Kier molecular flexibility index (Phi) is 6.75. The van der Waals surface area contributed by atoms with Gasteiger partial charge in [0.1, 0.15) is 0 Å².